The first-order chi connectivity index (χ1) is 4.25. The maximum atomic E-state index is 5.68. The molecule has 0 fully saturated rings. The van der Waals surface area contributed by atoms with Crippen LogP contribution in [0.5, 0.6) is 0 Å². The summed E-state index contributed by atoms with van der Waals surface area (Å²) < 4.78 is 2.63. The van der Waals surface area contributed by atoms with Crippen molar-refractivity contribution >= 4 is 27.5 Å². The molecule has 0 radical (unpaired) electrons. The van der Waals surface area contributed by atoms with Gasteiger partial charge in [-0.15, -0.1) is 0 Å². The molecule has 0 aromatic carbocycles. The van der Waals surface area contributed by atoms with Crippen molar-refractivity contribution in [3.8, 4) is 0 Å². The largest absolute Gasteiger partial charge is 0.257 e. The molecule has 0 aliphatic heterocycles. The fourth-order valence-corrected chi connectivity index (χ4v) is 1.15. The molecule has 0 N–H and O–H groups in total. The van der Waals surface area contributed by atoms with Gasteiger partial charge in [0.2, 0.25) is 0 Å². The second-order valence-corrected chi connectivity index (χ2v) is 2.76. The van der Waals surface area contributed by atoms with E-state index in [-0.39, 0.29) is 0 Å². The van der Waals surface area contributed by atoms with Crippen LogP contribution in [0.4, 0.5) is 0 Å². The third-order valence-corrected chi connectivity index (χ3v) is 2.38. The SMILES string of the molecule is CCn1ncc(Cl)c1Br. The Labute approximate surface area is 66.9 Å². The normalized spacial score (nSPS) is 10.1. The minimum absolute atomic E-state index is 0.664. The van der Waals surface area contributed by atoms with Crippen LogP contribution < -0.4 is 0 Å². The molecule has 0 amide bonds. The van der Waals surface area contributed by atoms with Crippen molar-refractivity contribution in [3.63, 3.8) is 0 Å². The molecule has 1 aromatic rings. The third kappa shape index (κ3) is 1.27. The maximum absolute atomic E-state index is 5.68. The van der Waals surface area contributed by atoms with Gasteiger partial charge in [-0.1, -0.05) is 11.6 Å². The number of aryl methyl sites for hydroxylation is 1. The average Bonchev–Trinajstić information content (AvgIpc) is 2.15. The van der Waals surface area contributed by atoms with E-state index in [4.69, 9.17) is 11.6 Å². The Hall–Kier alpha value is -0.0200. The van der Waals surface area contributed by atoms with Crippen molar-refractivity contribution in [1.29, 1.82) is 0 Å². The van der Waals surface area contributed by atoms with Crippen LogP contribution in [-0.2, 0) is 6.54 Å². The predicted molar refractivity (Wildman–Crippen MR) is 40.6 cm³/mol. The van der Waals surface area contributed by atoms with E-state index in [0.717, 1.165) is 11.1 Å². The van der Waals surface area contributed by atoms with Crippen LogP contribution >= 0.6 is 27.5 Å². The fourth-order valence-electron chi connectivity index (χ4n) is 0.568. The van der Waals surface area contributed by atoms with Crippen LogP contribution in [-0.4, -0.2) is 9.78 Å². The van der Waals surface area contributed by atoms with Crippen molar-refractivity contribution in [1.82, 2.24) is 9.78 Å². The molecular weight excluding hydrogens is 203 g/mol. The zero-order valence-electron chi connectivity index (χ0n) is 4.93. The van der Waals surface area contributed by atoms with Crippen LogP contribution in [0, 0.1) is 0 Å². The van der Waals surface area contributed by atoms with Crippen molar-refractivity contribution in [2.45, 2.75) is 13.5 Å². The van der Waals surface area contributed by atoms with E-state index < -0.39 is 0 Å². The molecule has 0 aliphatic rings. The standard InChI is InChI=1S/C5H6BrClN2/c1-2-9-5(6)4(7)3-8-9/h3H,2H2,1H3. The summed E-state index contributed by atoms with van der Waals surface area (Å²) >= 11 is 8.96. The van der Waals surface area contributed by atoms with Crippen LogP contribution in [0.15, 0.2) is 10.8 Å². The second kappa shape index (κ2) is 2.71. The average molecular weight is 209 g/mol. The molecule has 1 aromatic heterocycles. The van der Waals surface area contributed by atoms with Crippen LogP contribution in [0.1, 0.15) is 6.92 Å². The number of aromatic nitrogens is 2. The van der Waals surface area contributed by atoms with Gasteiger partial charge in [-0.05, 0) is 22.9 Å². The smallest absolute Gasteiger partial charge is 0.122 e. The molecule has 1 rings (SSSR count). The van der Waals surface area contributed by atoms with Gasteiger partial charge in [0.15, 0.2) is 0 Å². The van der Waals surface area contributed by atoms with Gasteiger partial charge in [0.05, 0.1) is 11.2 Å². The Kier molecular flexibility index (Phi) is 2.13. The highest BCUT2D eigenvalue weighted by Crippen LogP contribution is 2.20. The number of hydrogen-bond acceptors (Lipinski definition) is 1. The number of halogens is 2. The summed E-state index contributed by atoms with van der Waals surface area (Å²) in [5, 5.41) is 4.64. The Balaban J connectivity index is 3.04. The summed E-state index contributed by atoms with van der Waals surface area (Å²) in [4.78, 5) is 0. The van der Waals surface area contributed by atoms with E-state index in [1.807, 2.05) is 6.92 Å². The van der Waals surface area contributed by atoms with E-state index >= 15 is 0 Å². The fraction of sp³-hybridized carbons (Fsp3) is 0.400. The lowest BCUT2D eigenvalue weighted by molar-refractivity contribution is 0.645. The molecule has 4 heteroatoms. The van der Waals surface area contributed by atoms with Crippen molar-refractivity contribution in [2.24, 2.45) is 0 Å². The Bertz CT molecular complexity index is 209. The van der Waals surface area contributed by atoms with E-state index in [9.17, 15) is 0 Å². The van der Waals surface area contributed by atoms with Gasteiger partial charge < -0.3 is 0 Å². The van der Waals surface area contributed by atoms with Gasteiger partial charge in [-0.2, -0.15) is 5.10 Å². The molecule has 0 aliphatic carbocycles. The number of nitrogens with zero attached hydrogens (tertiary/aromatic N) is 2. The summed E-state index contributed by atoms with van der Waals surface area (Å²) in [7, 11) is 0. The lowest BCUT2D eigenvalue weighted by atomic mass is 10.7. The van der Waals surface area contributed by atoms with Gasteiger partial charge in [0.1, 0.15) is 4.60 Å². The van der Waals surface area contributed by atoms with Crippen molar-refractivity contribution in [3.05, 3.63) is 15.8 Å². The quantitative estimate of drug-likeness (QED) is 0.694. The Morgan fingerprint density at radius 3 is 2.78 bits per heavy atom. The molecule has 50 valence electrons. The predicted octanol–water partition coefficient (Wildman–Crippen LogP) is 2.32. The highest BCUT2D eigenvalue weighted by molar-refractivity contribution is 9.10. The summed E-state index contributed by atoms with van der Waals surface area (Å²) in [6.45, 7) is 2.85. The van der Waals surface area contributed by atoms with Crippen molar-refractivity contribution in [2.75, 3.05) is 0 Å². The van der Waals surface area contributed by atoms with Gasteiger partial charge in [0, 0.05) is 6.54 Å². The summed E-state index contributed by atoms with van der Waals surface area (Å²) in [5.74, 6) is 0. The minimum atomic E-state index is 0.664. The van der Waals surface area contributed by atoms with Crippen LogP contribution in [0.3, 0.4) is 0 Å². The van der Waals surface area contributed by atoms with E-state index in [2.05, 4.69) is 21.0 Å². The van der Waals surface area contributed by atoms with Gasteiger partial charge in [0.25, 0.3) is 0 Å². The summed E-state index contributed by atoms with van der Waals surface area (Å²) in [6.07, 6.45) is 1.62. The van der Waals surface area contributed by atoms with Gasteiger partial charge in [-0.3, -0.25) is 4.68 Å². The van der Waals surface area contributed by atoms with E-state index in [1.165, 1.54) is 0 Å². The number of hydrogen-bond donors (Lipinski definition) is 0. The first kappa shape index (κ1) is 7.09. The van der Waals surface area contributed by atoms with Crippen molar-refractivity contribution < 1.29 is 0 Å². The van der Waals surface area contributed by atoms with Gasteiger partial charge in [-0.25, -0.2) is 0 Å². The molecule has 1 heterocycles. The first-order valence-electron chi connectivity index (χ1n) is 2.62. The molecule has 0 saturated heterocycles. The zero-order chi connectivity index (χ0) is 6.85. The lowest BCUT2D eigenvalue weighted by Crippen LogP contribution is -1.94. The highest BCUT2D eigenvalue weighted by Gasteiger charge is 2.01. The minimum Gasteiger partial charge on any atom is -0.257 e. The molecular formula is C5H6BrClN2. The zero-order valence-corrected chi connectivity index (χ0v) is 7.28. The molecule has 0 unspecified atom stereocenters. The lowest BCUT2D eigenvalue weighted by Gasteiger charge is -1.94. The number of rotatable bonds is 1. The van der Waals surface area contributed by atoms with E-state index in [0.29, 0.717) is 5.02 Å². The van der Waals surface area contributed by atoms with E-state index in [1.54, 1.807) is 10.9 Å². The molecule has 0 saturated carbocycles. The molecule has 9 heavy (non-hydrogen) atoms. The monoisotopic (exact) mass is 208 g/mol. The first-order valence-corrected chi connectivity index (χ1v) is 3.79. The van der Waals surface area contributed by atoms with Crippen LogP contribution in [0.25, 0.3) is 0 Å². The Morgan fingerprint density at radius 2 is 2.56 bits per heavy atom. The van der Waals surface area contributed by atoms with Gasteiger partial charge >= 0.3 is 0 Å². The highest BCUT2D eigenvalue weighted by atomic mass is 79.9. The molecule has 0 bridgehead atoms. The third-order valence-electron chi connectivity index (χ3n) is 1.03. The topological polar surface area (TPSA) is 17.8 Å². The summed E-state index contributed by atoms with van der Waals surface area (Å²) in [5.41, 5.74) is 0. The summed E-state index contributed by atoms with van der Waals surface area (Å²) in [6, 6.07) is 0. The maximum Gasteiger partial charge on any atom is 0.122 e. The molecule has 0 atom stereocenters. The molecule has 0 spiro atoms. The second-order valence-electron chi connectivity index (χ2n) is 1.60. The Morgan fingerprint density at radius 1 is 1.89 bits per heavy atom. The molecule has 2 nitrogen and oxygen atoms in total. The van der Waals surface area contributed by atoms with Crippen LogP contribution in [0.2, 0.25) is 5.02 Å².